The second kappa shape index (κ2) is 6.33. The lowest BCUT2D eigenvalue weighted by atomic mass is 9.56. The van der Waals surface area contributed by atoms with Gasteiger partial charge < -0.3 is 4.74 Å². The fraction of sp³-hybridized carbons (Fsp3) is 0.571. The Morgan fingerprint density at radius 3 is 3.00 bits per heavy atom. The minimum atomic E-state index is -0.179. The van der Waals surface area contributed by atoms with Gasteiger partial charge in [-0.25, -0.2) is 4.39 Å². The first kappa shape index (κ1) is 16.9. The Morgan fingerprint density at radius 2 is 2.20 bits per heavy atom. The summed E-state index contributed by atoms with van der Waals surface area (Å²) in [5, 5.41) is 0.879. The van der Waals surface area contributed by atoms with Crippen molar-refractivity contribution in [2.45, 2.75) is 52.3 Å². The first-order valence-electron chi connectivity index (χ1n) is 9.41. The van der Waals surface area contributed by atoms with Crippen molar-refractivity contribution in [1.29, 1.82) is 0 Å². The van der Waals surface area contributed by atoms with E-state index in [4.69, 9.17) is 4.74 Å². The Balaban J connectivity index is 1.67. The van der Waals surface area contributed by atoms with Crippen molar-refractivity contribution in [1.82, 2.24) is 9.88 Å². The van der Waals surface area contributed by atoms with Crippen LogP contribution >= 0.6 is 0 Å². The maximum absolute atomic E-state index is 14.1. The Hall–Kier alpha value is -1.52. The van der Waals surface area contributed by atoms with Crippen LogP contribution in [0.15, 0.2) is 30.5 Å². The Labute approximate surface area is 149 Å². The summed E-state index contributed by atoms with van der Waals surface area (Å²) in [6.07, 6.45) is 4.40. The third kappa shape index (κ3) is 2.76. The molecule has 1 aliphatic heterocycles. The van der Waals surface area contributed by atoms with E-state index in [-0.39, 0.29) is 11.2 Å². The van der Waals surface area contributed by atoms with Crippen LogP contribution in [0.1, 0.15) is 39.2 Å². The number of hydrogen-bond acceptors (Lipinski definition) is 3. The molecule has 2 aliphatic rings. The van der Waals surface area contributed by atoms with Crippen LogP contribution in [0.25, 0.3) is 10.9 Å². The van der Waals surface area contributed by atoms with Gasteiger partial charge in [-0.2, -0.15) is 0 Å². The first-order chi connectivity index (χ1) is 12.0. The lowest BCUT2D eigenvalue weighted by Crippen LogP contribution is -2.66. The number of rotatable bonds is 5. The molecule has 4 heteroatoms. The molecule has 0 spiro atoms. The largest absolute Gasteiger partial charge is 0.377 e. The van der Waals surface area contributed by atoms with Gasteiger partial charge in [0.05, 0.1) is 11.6 Å². The number of aromatic nitrogens is 1. The normalized spacial score (nSPS) is 27.5. The van der Waals surface area contributed by atoms with Crippen molar-refractivity contribution in [2.75, 3.05) is 13.2 Å². The van der Waals surface area contributed by atoms with Crippen LogP contribution < -0.4 is 0 Å². The Bertz CT molecular complexity index is 776. The molecule has 134 valence electrons. The second-order valence-corrected chi connectivity index (χ2v) is 8.12. The van der Waals surface area contributed by atoms with Crippen LogP contribution in [0.5, 0.6) is 0 Å². The Morgan fingerprint density at radius 1 is 1.36 bits per heavy atom. The summed E-state index contributed by atoms with van der Waals surface area (Å²) in [5.41, 5.74) is 2.05. The number of benzene rings is 1. The van der Waals surface area contributed by atoms with Crippen molar-refractivity contribution in [3.05, 3.63) is 41.8 Å². The highest BCUT2D eigenvalue weighted by atomic mass is 19.1. The highest BCUT2D eigenvalue weighted by Crippen LogP contribution is 2.54. The number of ether oxygens (including phenoxy) is 1. The van der Waals surface area contributed by atoms with E-state index in [1.165, 1.54) is 0 Å². The van der Waals surface area contributed by atoms with E-state index in [2.05, 4.69) is 30.7 Å². The van der Waals surface area contributed by atoms with Crippen molar-refractivity contribution in [2.24, 2.45) is 11.3 Å². The minimum Gasteiger partial charge on any atom is -0.377 e. The molecule has 0 radical (unpaired) electrons. The summed E-state index contributed by atoms with van der Waals surface area (Å²) < 4.78 is 20.1. The van der Waals surface area contributed by atoms with Gasteiger partial charge in [-0.3, -0.25) is 9.88 Å². The summed E-state index contributed by atoms with van der Waals surface area (Å²) in [7, 11) is 0. The van der Waals surface area contributed by atoms with Crippen molar-refractivity contribution in [3.8, 4) is 0 Å². The second-order valence-electron chi connectivity index (χ2n) is 8.12. The van der Waals surface area contributed by atoms with E-state index in [1.807, 2.05) is 12.1 Å². The van der Waals surface area contributed by atoms with Gasteiger partial charge in [0, 0.05) is 42.1 Å². The average Bonchev–Trinajstić information content (AvgIpc) is 3.01. The molecule has 0 bridgehead atoms. The molecule has 1 saturated carbocycles. The molecule has 2 fully saturated rings. The standard InChI is InChI=1S/C21H27FN2O/c1-4-9-24(19-17-7-10-25-20(17)21(19,2)3)13-15-12-16(22)11-14-6-5-8-23-18(14)15/h5-6,8,11-12,17,19-20H,4,7,9-10,13H2,1-3H3/t17-,19-,20-/m1/s1. The zero-order valence-electron chi connectivity index (χ0n) is 15.3. The maximum atomic E-state index is 14.1. The highest BCUT2D eigenvalue weighted by molar-refractivity contribution is 5.81. The van der Waals surface area contributed by atoms with Crippen molar-refractivity contribution < 1.29 is 9.13 Å². The van der Waals surface area contributed by atoms with E-state index < -0.39 is 0 Å². The topological polar surface area (TPSA) is 25.4 Å². The average molecular weight is 342 g/mol. The molecule has 0 unspecified atom stereocenters. The van der Waals surface area contributed by atoms with Gasteiger partial charge in [-0.15, -0.1) is 0 Å². The van der Waals surface area contributed by atoms with Gasteiger partial charge in [-0.1, -0.05) is 26.8 Å². The molecule has 0 amide bonds. The lowest BCUT2D eigenvalue weighted by Gasteiger charge is -2.58. The summed E-state index contributed by atoms with van der Waals surface area (Å²) in [5.74, 6) is 0.427. The van der Waals surface area contributed by atoms with Gasteiger partial charge in [0.15, 0.2) is 0 Å². The van der Waals surface area contributed by atoms with Gasteiger partial charge >= 0.3 is 0 Å². The molecule has 4 rings (SSSR count). The van der Waals surface area contributed by atoms with Crippen LogP contribution in [-0.2, 0) is 11.3 Å². The van der Waals surface area contributed by atoms with Crippen LogP contribution in [0.3, 0.4) is 0 Å². The molecule has 25 heavy (non-hydrogen) atoms. The summed E-state index contributed by atoms with van der Waals surface area (Å²) in [4.78, 5) is 7.06. The van der Waals surface area contributed by atoms with E-state index >= 15 is 0 Å². The smallest absolute Gasteiger partial charge is 0.124 e. The number of pyridine rings is 1. The molecule has 1 saturated heterocycles. The van der Waals surface area contributed by atoms with Gasteiger partial charge in [0.25, 0.3) is 0 Å². The predicted octanol–water partition coefficient (Wildman–Crippen LogP) is 4.40. The van der Waals surface area contributed by atoms with Crippen molar-refractivity contribution >= 4 is 10.9 Å². The molecule has 3 atom stereocenters. The van der Waals surface area contributed by atoms with E-state index in [0.717, 1.165) is 49.0 Å². The van der Waals surface area contributed by atoms with Crippen LogP contribution in [0.2, 0.25) is 0 Å². The monoisotopic (exact) mass is 342 g/mol. The van der Waals surface area contributed by atoms with E-state index in [9.17, 15) is 4.39 Å². The minimum absolute atomic E-state index is 0.146. The van der Waals surface area contributed by atoms with E-state index in [0.29, 0.717) is 18.1 Å². The molecule has 3 nitrogen and oxygen atoms in total. The summed E-state index contributed by atoms with van der Waals surface area (Å²) in [6.45, 7) is 9.48. The predicted molar refractivity (Wildman–Crippen MR) is 97.8 cm³/mol. The van der Waals surface area contributed by atoms with Crippen LogP contribution in [0.4, 0.5) is 4.39 Å². The lowest BCUT2D eigenvalue weighted by molar-refractivity contribution is -0.157. The van der Waals surface area contributed by atoms with Crippen LogP contribution in [-0.4, -0.2) is 35.2 Å². The molecular formula is C21H27FN2O. The zero-order valence-corrected chi connectivity index (χ0v) is 15.3. The van der Waals surface area contributed by atoms with Gasteiger partial charge in [0.1, 0.15) is 5.82 Å². The van der Waals surface area contributed by atoms with Gasteiger partial charge in [0.2, 0.25) is 0 Å². The Kier molecular flexibility index (Phi) is 4.28. The van der Waals surface area contributed by atoms with Crippen molar-refractivity contribution in [3.63, 3.8) is 0 Å². The maximum Gasteiger partial charge on any atom is 0.124 e. The number of halogens is 1. The first-order valence-corrected chi connectivity index (χ1v) is 9.41. The third-order valence-corrected chi connectivity index (χ3v) is 6.06. The highest BCUT2D eigenvalue weighted by Gasteiger charge is 2.60. The molecule has 2 heterocycles. The van der Waals surface area contributed by atoms with Crippen LogP contribution in [0, 0.1) is 17.2 Å². The quantitative estimate of drug-likeness (QED) is 0.805. The number of nitrogens with zero attached hydrogens (tertiary/aromatic N) is 2. The number of hydrogen-bond donors (Lipinski definition) is 0. The summed E-state index contributed by atoms with van der Waals surface area (Å²) >= 11 is 0. The molecule has 1 aromatic carbocycles. The molecular weight excluding hydrogens is 315 g/mol. The fourth-order valence-corrected chi connectivity index (χ4v) is 5.21. The molecule has 1 aromatic heterocycles. The fourth-order valence-electron chi connectivity index (χ4n) is 5.21. The molecule has 0 N–H and O–H groups in total. The molecule has 2 aromatic rings. The zero-order chi connectivity index (χ0) is 17.6. The third-order valence-electron chi connectivity index (χ3n) is 6.06. The van der Waals surface area contributed by atoms with Gasteiger partial charge in [-0.05, 0) is 43.1 Å². The van der Waals surface area contributed by atoms with E-state index in [1.54, 1.807) is 18.3 Å². The molecule has 1 aliphatic carbocycles. The number of fused-ring (bicyclic) bond motifs is 2. The SMILES string of the molecule is CCCN(Cc1cc(F)cc2cccnc12)[C@@H]1[C@H]2CCO[C@H]2C1(C)C. The summed E-state index contributed by atoms with van der Waals surface area (Å²) in [6, 6.07) is 7.52.